The minimum Gasteiger partial charge on any atom is -0.508 e. The van der Waals surface area contributed by atoms with Crippen LogP contribution in [0.5, 0.6) is 5.75 Å². The first kappa shape index (κ1) is 18.0. The summed E-state index contributed by atoms with van der Waals surface area (Å²) in [6.45, 7) is 6.77. The number of carbonyl (C=O) groups is 1. The van der Waals surface area contributed by atoms with Crippen molar-refractivity contribution in [3.05, 3.63) is 29.3 Å². The fraction of sp³-hybridized carbons (Fsp3) is 0.682. The molecule has 0 radical (unpaired) electrons. The summed E-state index contributed by atoms with van der Waals surface area (Å²) in [7, 11) is 0. The third kappa shape index (κ3) is 3.18. The van der Waals surface area contributed by atoms with Gasteiger partial charge in [-0.05, 0) is 73.1 Å². The SMILES string of the molecule is C1CNCCN1.C[C@]12CC[C@@H]3c4ccc(O)cc4CC[C@H]3[C@@H]1CCC2=O. The quantitative estimate of drug-likeness (QED) is 0.669. The molecule has 4 nitrogen and oxygen atoms in total. The van der Waals surface area contributed by atoms with Gasteiger partial charge >= 0.3 is 0 Å². The van der Waals surface area contributed by atoms with Crippen LogP contribution in [0.15, 0.2) is 18.2 Å². The Balaban J connectivity index is 0.000000240. The summed E-state index contributed by atoms with van der Waals surface area (Å²) in [6.07, 6.45) is 6.34. The fourth-order valence-electron chi connectivity index (χ4n) is 5.94. The van der Waals surface area contributed by atoms with Crippen LogP contribution in [0, 0.1) is 17.3 Å². The predicted molar refractivity (Wildman–Crippen MR) is 103 cm³/mol. The number of hydrogen-bond acceptors (Lipinski definition) is 4. The highest BCUT2D eigenvalue weighted by atomic mass is 16.3. The smallest absolute Gasteiger partial charge is 0.139 e. The standard InChI is InChI=1S/C18H22O2.C4H10N2/c1-18-9-8-14-13-5-3-12(19)10-11(13)2-4-15(14)16(18)6-7-17(18)20;1-2-6-4-3-5-1/h3,5,10,14-16,19H,2,4,6-9H2,1H3;5-6H,1-4H2/t14-,15-,16+,18+;/m1./s1. The highest BCUT2D eigenvalue weighted by Gasteiger charge is 2.54. The molecule has 1 aromatic rings. The second-order valence-corrected chi connectivity index (χ2v) is 8.72. The number of aryl methyl sites for hydroxylation is 1. The van der Waals surface area contributed by atoms with Gasteiger partial charge in [0, 0.05) is 38.0 Å². The number of phenols is 1. The molecule has 1 heterocycles. The molecule has 5 rings (SSSR count). The van der Waals surface area contributed by atoms with Crippen molar-refractivity contribution in [2.75, 3.05) is 26.2 Å². The van der Waals surface area contributed by atoms with Crippen molar-refractivity contribution >= 4 is 5.78 Å². The van der Waals surface area contributed by atoms with Gasteiger partial charge in [-0.3, -0.25) is 4.79 Å². The molecule has 4 aliphatic rings. The van der Waals surface area contributed by atoms with E-state index >= 15 is 0 Å². The minimum absolute atomic E-state index is 0.0322. The van der Waals surface area contributed by atoms with Gasteiger partial charge in [-0.2, -0.15) is 0 Å². The topological polar surface area (TPSA) is 61.4 Å². The van der Waals surface area contributed by atoms with E-state index in [1.54, 1.807) is 0 Å². The summed E-state index contributed by atoms with van der Waals surface area (Å²) in [6, 6.07) is 5.90. The molecule has 26 heavy (non-hydrogen) atoms. The number of aromatic hydroxyl groups is 1. The Morgan fingerprint density at radius 1 is 1.04 bits per heavy atom. The monoisotopic (exact) mass is 356 g/mol. The summed E-state index contributed by atoms with van der Waals surface area (Å²) in [4.78, 5) is 12.3. The molecular weight excluding hydrogens is 324 g/mol. The Hall–Kier alpha value is -1.39. The number of benzene rings is 1. The molecule has 4 atom stereocenters. The third-order valence-corrected chi connectivity index (χ3v) is 7.38. The highest BCUT2D eigenvalue weighted by Crippen LogP contribution is 2.59. The number of fused-ring (bicyclic) bond motifs is 5. The number of hydrogen-bond donors (Lipinski definition) is 3. The van der Waals surface area contributed by atoms with Crippen LogP contribution in [0.2, 0.25) is 0 Å². The molecule has 142 valence electrons. The first-order valence-corrected chi connectivity index (χ1v) is 10.4. The van der Waals surface area contributed by atoms with Gasteiger partial charge in [0.05, 0.1) is 0 Å². The molecule has 0 unspecified atom stereocenters. The van der Waals surface area contributed by atoms with E-state index in [1.165, 1.54) is 17.5 Å². The predicted octanol–water partition coefficient (Wildman–Crippen LogP) is 3.00. The van der Waals surface area contributed by atoms with Gasteiger partial charge in [-0.15, -0.1) is 0 Å². The first-order valence-electron chi connectivity index (χ1n) is 10.4. The second kappa shape index (κ2) is 7.32. The van der Waals surface area contributed by atoms with Crippen molar-refractivity contribution in [3.63, 3.8) is 0 Å². The zero-order valence-electron chi connectivity index (χ0n) is 15.9. The molecule has 1 aliphatic heterocycles. The van der Waals surface area contributed by atoms with E-state index in [4.69, 9.17) is 0 Å². The number of piperazine rings is 1. The average Bonchev–Trinajstić information content (AvgIpc) is 2.98. The molecule has 1 saturated heterocycles. The van der Waals surface area contributed by atoms with E-state index < -0.39 is 0 Å². The Labute approximate surface area is 156 Å². The summed E-state index contributed by atoms with van der Waals surface area (Å²) in [5.41, 5.74) is 2.75. The van der Waals surface area contributed by atoms with Gasteiger partial charge in [0.1, 0.15) is 11.5 Å². The highest BCUT2D eigenvalue weighted by molar-refractivity contribution is 5.87. The number of Topliss-reactive ketones (excluding diaryl/α,β-unsaturated/α-hetero) is 1. The summed E-state index contributed by atoms with van der Waals surface area (Å²) in [5.74, 6) is 2.78. The Morgan fingerprint density at radius 2 is 1.77 bits per heavy atom. The van der Waals surface area contributed by atoms with Crippen LogP contribution in [0.4, 0.5) is 0 Å². The fourth-order valence-corrected chi connectivity index (χ4v) is 5.94. The van der Waals surface area contributed by atoms with Gasteiger partial charge in [0.2, 0.25) is 0 Å². The molecule has 0 amide bonds. The van der Waals surface area contributed by atoms with E-state index in [2.05, 4.69) is 23.6 Å². The van der Waals surface area contributed by atoms with Crippen LogP contribution in [0.1, 0.15) is 56.1 Å². The summed E-state index contributed by atoms with van der Waals surface area (Å²) < 4.78 is 0. The lowest BCUT2D eigenvalue weighted by Crippen LogP contribution is -2.42. The number of phenolic OH excluding ortho intramolecular Hbond substituents is 1. The van der Waals surface area contributed by atoms with Crippen LogP contribution in [0.25, 0.3) is 0 Å². The van der Waals surface area contributed by atoms with Crippen LogP contribution < -0.4 is 10.6 Å². The zero-order valence-corrected chi connectivity index (χ0v) is 15.9. The van der Waals surface area contributed by atoms with Crippen LogP contribution >= 0.6 is 0 Å². The van der Waals surface area contributed by atoms with Crippen LogP contribution in [-0.4, -0.2) is 37.1 Å². The lowest BCUT2D eigenvalue weighted by Gasteiger charge is -2.48. The molecule has 2 saturated carbocycles. The number of ketones is 1. The molecular formula is C22H32N2O2. The molecule has 0 spiro atoms. The van der Waals surface area contributed by atoms with Gasteiger partial charge in [0.25, 0.3) is 0 Å². The Bertz CT molecular complexity index is 659. The van der Waals surface area contributed by atoms with E-state index in [0.29, 0.717) is 29.3 Å². The molecule has 1 aromatic carbocycles. The van der Waals surface area contributed by atoms with Crippen LogP contribution in [-0.2, 0) is 11.2 Å². The van der Waals surface area contributed by atoms with Crippen molar-refractivity contribution in [1.29, 1.82) is 0 Å². The third-order valence-electron chi connectivity index (χ3n) is 7.38. The Morgan fingerprint density at radius 3 is 2.46 bits per heavy atom. The molecule has 3 fully saturated rings. The Kier molecular flexibility index (Phi) is 5.07. The van der Waals surface area contributed by atoms with E-state index in [9.17, 15) is 9.90 Å². The number of rotatable bonds is 0. The maximum atomic E-state index is 12.3. The normalized spacial score (nSPS) is 35.6. The number of nitrogens with one attached hydrogen (secondary N) is 2. The van der Waals surface area contributed by atoms with E-state index in [-0.39, 0.29) is 5.41 Å². The van der Waals surface area contributed by atoms with Crippen molar-refractivity contribution in [3.8, 4) is 5.75 Å². The molecule has 0 bridgehead atoms. The van der Waals surface area contributed by atoms with E-state index in [0.717, 1.165) is 58.3 Å². The van der Waals surface area contributed by atoms with Gasteiger partial charge in [0.15, 0.2) is 0 Å². The molecule has 3 N–H and O–H groups in total. The van der Waals surface area contributed by atoms with Crippen LogP contribution in [0.3, 0.4) is 0 Å². The van der Waals surface area contributed by atoms with Gasteiger partial charge in [-0.25, -0.2) is 0 Å². The zero-order chi connectivity index (χ0) is 18.1. The number of carbonyl (C=O) groups excluding carboxylic acids is 1. The average molecular weight is 357 g/mol. The second-order valence-electron chi connectivity index (χ2n) is 8.72. The molecule has 0 aromatic heterocycles. The summed E-state index contributed by atoms with van der Waals surface area (Å²) >= 11 is 0. The van der Waals surface area contributed by atoms with Gasteiger partial charge in [-0.1, -0.05) is 13.0 Å². The lowest BCUT2D eigenvalue weighted by molar-refractivity contribution is -0.129. The van der Waals surface area contributed by atoms with E-state index in [1.807, 2.05) is 12.1 Å². The van der Waals surface area contributed by atoms with Crippen molar-refractivity contribution in [2.45, 2.75) is 51.4 Å². The minimum atomic E-state index is -0.0322. The molecule has 3 aliphatic carbocycles. The largest absolute Gasteiger partial charge is 0.508 e. The lowest BCUT2D eigenvalue weighted by atomic mass is 9.55. The molecule has 4 heteroatoms. The first-order chi connectivity index (χ1) is 12.6. The maximum Gasteiger partial charge on any atom is 0.139 e. The van der Waals surface area contributed by atoms with Crippen molar-refractivity contribution in [1.82, 2.24) is 10.6 Å². The van der Waals surface area contributed by atoms with Crippen molar-refractivity contribution in [2.24, 2.45) is 17.3 Å². The summed E-state index contributed by atoms with van der Waals surface area (Å²) in [5, 5.41) is 16.1. The van der Waals surface area contributed by atoms with Gasteiger partial charge < -0.3 is 15.7 Å². The maximum absolute atomic E-state index is 12.3. The van der Waals surface area contributed by atoms with Crippen molar-refractivity contribution < 1.29 is 9.90 Å².